The van der Waals surface area contributed by atoms with Crippen LogP contribution in [0.1, 0.15) is 304 Å². The average Bonchev–Trinajstić information content (AvgIpc) is 0.812. The topological polar surface area (TPSA) is 192 Å². The summed E-state index contributed by atoms with van der Waals surface area (Å²) in [6, 6.07) is 7.48. The van der Waals surface area contributed by atoms with Crippen LogP contribution in [0.25, 0.3) is 0 Å². The molecule has 526 valence electrons. The van der Waals surface area contributed by atoms with Gasteiger partial charge in [-0.2, -0.15) is 0 Å². The van der Waals surface area contributed by atoms with Gasteiger partial charge in [-0.05, 0) is 57.9 Å². The minimum Gasteiger partial charge on any atom is -0.462 e. The summed E-state index contributed by atoms with van der Waals surface area (Å²) in [6.45, 7) is 11.6. The Morgan fingerprint density at radius 1 is 0.582 bits per heavy atom. The van der Waals surface area contributed by atoms with E-state index < -0.39 is 77.1 Å². The summed E-state index contributed by atoms with van der Waals surface area (Å²) in [5.74, 6) is -2.90. The third-order valence-corrected chi connectivity index (χ3v) is 17.3. The Labute approximate surface area is 564 Å². The Hall–Kier alpha value is -2.96. The largest absolute Gasteiger partial charge is 0.462 e. The van der Waals surface area contributed by atoms with E-state index in [2.05, 4.69) is 38.3 Å². The van der Waals surface area contributed by atoms with Crippen LogP contribution >= 0.6 is 34.8 Å². The Morgan fingerprint density at radius 3 is 1.51 bits per heavy atom. The molecule has 3 rings (SSSR count). The zero-order valence-corrected chi connectivity index (χ0v) is 59.4. The average molecular weight is 1350 g/mol. The van der Waals surface area contributed by atoms with Crippen molar-refractivity contribution in [2.24, 2.45) is 0 Å². The van der Waals surface area contributed by atoms with Crippen LogP contribution in [0, 0.1) is 0 Å². The fourth-order valence-corrected chi connectivity index (χ4v) is 11.9. The second-order valence-corrected chi connectivity index (χ2v) is 28.6. The number of hydrogen-bond acceptors (Lipinski definition) is 14. The summed E-state index contributed by atoms with van der Waals surface area (Å²) in [6.07, 6.45) is 31.7. The van der Waals surface area contributed by atoms with Crippen molar-refractivity contribution in [2.45, 2.75) is 363 Å². The molecule has 16 nitrogen and oxygen atoms in total. The maximum absolute atomic E-state index is 14.6. The fraction of sp³-hybridized carbons (Fsp3) is 0.847. The number of alkyl carbamates (subject to hydrolysis) is 1. The molecule has 19 heteroatoms. The molecular formula is C72H123Cl3N2O14. The Morgan fingerprint density at radius 2 is 1.03 bits per heavy atom. The van der Waals surface area contributed by atoms with Gasteiger partial charge in [0, 0.05) is 12.8 Å². The van der Waals surface area contributed by atoms with Crippen LogP contribution in [0.5, 0.6) is 0 Å². The van der Waals surface area contributed by atoms with E-state index in [0.29, 0.717) is 25.7 Å². The number of alkyl halides is 3. The molecule has 1 aromatic carbocycles. The lowest BCUT2D eigenvalue weighted by Crippen LogP contribution is -2.69. The van der Waals surface area contributed by atoms with E-state index in [-0.39, 0.29) is 63.5 Å². The zero-order chi connectivity index (χ0) is 66.2. The maximum Gasteiger partial charge on any atom is 0.407 e. The normalized spacial score (nSPS) is 19.0. The monoisotopic (exact) mass is 1340 g/mol. The maximum atomic E-state index is 14.6. The molecule has 2 aliphatic heterocycles. The second kappa shape index (κ2) is 51.3. The number of hydrogen-bond donors (Lipinski definition) is 2. The van der Waals surface area contributed by atoms with Gasteiger partial charge in [0.05, 0.1) is 45.3 Å². The van der Waals surface area contributed by atoms with E-state index in [1.165, 1.54) is 116 Å². The van der Waals surface area contributed by atoms with Crippen LogP contribution in [-0.4, -0.2) is 115 Å². The predicted octanol–water partition coefficient (Wildman–Crippen LogP) is 18.5. The lowest BCUT2D eigenvalue weighted by atomic mass is 9.95. The van der Waals surface area contributed by atoms with Crippen LogP contribution < -0.4 is 10.6 Å². The van der Waals surface area contributed by atoms with Crippen molar-refractivity contribution >= 4 is 64.7 Å². The van der Waals surface area contributed by atoms with E-state index >= 15 is 0 Å². The summed E-state index contributed by atoms with van der Waals surface area (Å²) in [7, 11) is 0. The van der Waals surface area contributed by atoms with Crippen molar-refractivity contribution in [1.29, 1.82) is 0 Å². The molecule has 0 unspecified atom stereocenters. The Bertz CT molecular complexity index is 2030. The number of benzene rings is 1. The van der Waals surface area contributed by atoms with Crippen molar-refractivity contribution in [3.63, 3.8) is 0 Å². The zero-order valence-electron chi connectivity index (χ0n) is 57.2. The van der Waals surface area contributed by atoms with Crippen molar-refractivity contribution in [1.82, 2.24) is 10.6 Å². The van der Waals surface area contributed by atoms with E-state index in [4.69, 9.17) is 77.4 Å². The first-order chi connectivity index (χ1) is 43.9. The number of ether oxygens (including phenoxy) is 9. The van der Waals surface area contributed by atoms with Crippen LogP contribution in [0.4, 0.5) is 4.79 Å². The first kappa shape index (κ1) is 82.3. The highest BCUT2D eigenvalue weighted by atomic mass is 35.6. The third-order valence-electron chi connectivity index (χ3n) is 17.0. The molecule has 1 aromatic rings. The quantitative estimate of drug-likeness (QED) is 0.0271. The van der Waals surface area contributed by atoms with Gasteiger partial charge in [-0.15, -0.1) is 0 Å². The molecule has 2 saturated heterocycles. The van der Waals surface area contributed by atoms with Gasteiger partial charge in [-0.25, -0.2) is 4.79 Å². The number of amides is 2. The van der Waals surface area contributed by atoms with Gasteiger partial charge in [0.1, 0.15) is 37.1 Å². The minimum absolute atomic E-state index is 0.00788. The molecule has 0 aliphatic carbocycles. The number of unbranched alkanes of at least 4 members (excludes halogenated alkanes) is 30. The molecule has 0 spiro atoms. The molecule has 91 heavy (non-hydrogen) atoms. The van der Waals surface area contributed by atoms with Gasteiger partial charge in [0.25, 0.3) is 0 Å². The second-order valence-electron chi connectivity index (χ2n) is 26.1. The highest BCUT2D eigenvalue weighted by Crippen LogP contribution is 2.36. The summed E-state index contributed by atoms with van der Waals surface area (Å²) in [5.41, 5.74) is 0.913. The van der Waals surface area contributed by atoms with Crippen molar-refractivity contribution in [3.8, 4) is 0 Å². The van der Waals surface area contributed by atoms with Gasteiger partial charge in [0.15, 0.2) is 18.2 Å². The number of esters is 3. The Kier molecular flexibility index (Phi) is 46.4. The molecule has 2 fully saturated rings. The van der Waals surface area contributed by atoms with E-state index in [1.54, 1.807) is 13.8 Å². The van der Waals surface area contributed by atoms with E-state index in [0.717, 1.165) is 102 Å². The summed E-state index contributed by atoms with van der Waals surface area (Å²) >= 11 is 18.1. The van der Waals surface area contributed by atoms with Crippen LogP contribution in [0.2, 0.25) is 0 Å². The lowest BCUT2D eigenvalue weighted by Gasteiger charge is -2.50. The van der Waals surface area contributed by atoms with Gasteiger partial charge in [0.2, 0.25) is 9.70 Å². The molecule has 0 bridgehead atoms. The number of rotatable bonds is 55. The fourth-order valence-electron chi connectivity index (χ4n) is 11.8. The van der Waals surface area contributed by atoms with Crippen molar-refractivity contribution in [2.75, 3.05) is 26.4 Å². The summed E-state index contributed by atoms with van der Waals surface area (Å²) < 4.78 is 54.1. The Balaban J connectivity index is 1.90. The minimum atomic E-state index is -1.96. The molecular weight excluding hydrogens is 1220 g/mol. The summed E-state index contributed by atoms with van der Waals surface area (Å²) in [4.78, 5) is 69.7. The van der Waals surface area contributed by atoms with Crippen molar-refractivity contribution < 1.29 is 66.6 Å². The predicted molar refractivity (Wildman–Crippen MR) is 363 cm³/mol. The highest BCUT2D eigenvalue weighted by molar-refractivity contribution is 6.67. The highest BCUT2D eigenvalue weighted by Gasteiger charge is 2.54. The lowest BCUT2D eigenvalue weighted by molar-refractivity contribution is -0.369. The first-order valence-corrected chi connectivity index (χ1v) is 37.2. The van der Waals surface area contributed by atoms with E-state index in [1.807, 2.05) is 30.3 Å². The molecule has 2 amide bonds. The molecule has 2 aliphatic rings. The number of carbonyl (C=O) groups excluding carboxylic acids is 5. The molecule has 0 saturated carbocycles. The number of halogens is 3. The first-order valence-electron chi connectivity index (χ1n) is 36.0. The van der Waals surface area contributed by atoms with Crippen LogP contribution in [0.15, 0.2) is 30.3 Å². The van der Waals surface area contributed by atoms with Gasteiger partial charge >= 0.3 is 24.0 Å². The third kappa shape index (κ3) is 41.6. The standard InChI is InChI=1S/C72H123Cl3N2O14/c1-7-11-15-19-23-27-29-33-40-46-59(87-63(79)48-42-35-31-25-21-17-13-9-3)50-62(78)76-58(53-83-52-57-44-38-37-39-45-57)54-84-69-66(77-70(82)85-56-72(73,74)75)68(67-61(89-69)55-86-71(5,6)91-67)90-65(81)51-60(47-41-34-30-28-24-20-16-12-8-2)88-64(80)49-43-36-32-26-22-18-14-10-4/h37-39,44-45,58-61,66-69H,7-36,40-43,46-56H2,1-6H3,(H,76,78)(H,77,82)/t58-,59+,60+,61+,66+,67+,68+,69+/m0/s1. The number of nitrogens with one attached hydrogen (secondary N) is 2. The molecule has 2 heterocycles. The van der Waals surface area contributed by atoms with Gasteiger partial charge in [-0.1, -0.05) is 285 Å². The molecule has 2 N–H and O–H groups in total. The number of fused-ring (bicyclic) bond motifs is 1. The molecule has 8 atom stereocenters. The van der Waals surface area contributed by atoms with Crippen LogP contribution in [0.3, 0.4) is 0 Å². The van der Waals surface area contributed by atoms with Crippen LogP contribution in [-0.2, 0) is 68.4 Å². The smallest absolute Gasteiger partial charge is 0.407 e. The summed E-state index contributed by atoms with van der Waals surface area (Å²) in [5, 5.41) is 5.87. The molecule has 0 radical (unpaired) electrons. The molecule has 0 aromatic heterocycles. The van der Waals surface area contributed by atoms with Gasteiger partial charge in [-0.3, -0.25) is 19.2 Å². The SMILES string of the molecule is CCCCCCCCCCC[C@H](CC(=O)N[C@@H](COCc1ccccc1)CO[C@@H]1O[C@@H]2COC(C)(C)O[C@H]2[C@H](OC(=O)C[C@@H](CCCCCCCCCCC)OC(=O)CCCCCCCCCC)[C@H]1NC(=O)OCC(Cl)(Cl)Cl)OC(=O)CCCCCCCCCC. The van der Waals surface area contributed by atoms with Crippen molar-refractivity contribution in [3.05, 3.63) is 35.9 Å². The van der Waals surface area contributed by atoms with Gasteiger partial charge < -0.3 is 53.3 Å². The van der Waals surface area contributed by atoms with E-state index in [9.17, 15) is 24.0 Å². The number of carbonyl (C=O) groups is 5.